The maximum Gasteiger partial charge on any atom is 0.249 e. The minimum Gasteiger partial charge on any atom is -0.344 e. The Hall–Kier alpha value is -2.69. The summed E-state index contributed by atoms with van der Waals surface area (Å²) in [4.78, 5) is 30.9. The first kappa shape index (κ1) is 17.1. The highest BCUT2D eigenvalue weighted by atomic mass is 16.2. The molecule has 2 unspecified atom stereocenters. The number of aryl methyl sites for hydroxylation is 1. The standard InChI is InChI=1S/C20H23N3O2/c1-15-14-18(20(25)23(15)17-10-3-2-4-11-17)22-19(24)12-7-9-16-8-5-6-13-21-16/h2-6,8,10-11,13,15,18H,7,9,12,14H2,1H3,(H,22,24). The molecule has 1 N–H and O–H groups in total. The molecule has 1 fully saturated rings. The summed E-state index contributed by atoms with van der Waals surface area (Å²) in [6, 6.07) is 15.0. The topological polar surface area (TPSA) is 62.3 Å². The van der Waals surface area contributed by atoms with Crippen LogP contribution >= 0.6 is 0 Å². The summed E-state index contributed by atoms with van der Waals surface area (Å²) in [5, 5.41) is 2.89. The van der Waals surface area contributed by atoms with Crippen LogP contribution in [0.4, 0.5) is 5.69 Å². The minimum atomic E-state index is -0.433. The van der Waals surface area contributed by atoms with Crippen LogP contribution in [0.15, 0.2) is 54.7 Å². The van der Waals surface area contributed by atoms with Crippen LogP contribution in [-0.2, 0) is 16.0 Å². The molecule has 5 nitrogen and oxygen atoms in total. The first-order chi connectivity index (χ1) is 12.1. The molecule has 0 radical (unpaired) electrons. The number of hydrogen-bond donors (Lipinski definition) is 1. The van der Waals surface area contributed by atoms with Crippen LogP contribution in [0.2, 0.25) is 0 Å². The van der Waals surface area contributed by atoms with E-state index in [9.17, 15) is 9.59 Å². The molecule has 0 bridgehead atoms. The Morgan fingerprint density at radius 1 is 1.20 bits per heavy atom. The molecule has 25 heavy (non-hydrogen) atoms. The summed E-state index contributed by atoms with van der Waals surface area (Å²) in [7, 11) is 0. The lowest BCUT2D eigenvalue weighted by Crippen LogP contribution is -2.41. The average Bonchev–Trinajstić information content (AvgIpc) is 2.90. The van der Waals surface area contributed by atoms with E-state index in [4.69, 9.17) is 0 Å². The number of nitrogens with zero attached hydrogens (tertiary/aromatic N) is 2. The van der Waals surface area contributed by atoms with Crippen LogP contribution in [0.25, 0.3) is 0 Å². The van der Waals surface area contributed by atoms with Crippen LogP contribution in [0.1, 0.15) is 31.9 Å². The molecule has 2 heterocycles. The Kier molecular flexibility index (Phi) is 5.43. The quantitative estimate of drug-likeness (QED) is 0.881. The van der Waals surface area contributed by atoms with Crippen LogP contribution in [0, 0.1) is 0 Å². The maximum absolute atomic E-state index is 12.6. The van der Waals surface area contributed by atoms with Gasteiger partial charge in [-0.15, -0.1) is 0 Å². The molecule has 3 rings (SSSR count). The van der Waals surface area contributed by atoms with E-state index in [0.29, 0.717) is 12.8 Å². The third-order valence-electron chi connectivity index (χ3n) is 4.49. The van der Waals surface area contributed by atoms with Crippen molar-refractivity contribution in [3.05, 3.63) is 60.4 Å². The average molecular weight is 337 g/mol. The number of hydrogen-bond acceptors (Lipinski definition) is 3. The molecular formula is C20H23N3O2. The lowest BCUT2D eigenvalue weighted by atomic mass is 10.1. The van der Waals surface area contributed by atoms with E-state index < -0.39 is 6.04 Å². The lowest BCUT2D eigenvalue weighted by molar-refractivity contribution is -0.126. The van der Waals surface area contributed by atoms with E-state index in [1.54, 1.807) is 11.1 Å². The lowest BCUT2D eigenvalue weighted by Gasteiger charge is -2.21. The Balaban J connectivity index is 1.51. The van der Waals surface area contributed by atoms with Crippen molar-refractivity contribution >= 4 is 17.5 Å². The van der Waals surface area contributed by atoms with Crippen molar-refractivity contribution in [2.24, 2.45) is 0 Å². The predicted molar refractivity (Wildman–Crippen MR) is 97.1 cm³/mol. The largest absolute Gasteiger partial charge is 0.344 e. The van der Waals surface area contributed by atoms with Gasteiger partial charge in [0.05, 0.1) is 0 Å². The fourth-order valence-electron chi connectivity index (χ4n) is 3.27. The van der Waals surface area contributed by atoms with Crippen molar-refractivity contribution in [2.75, 3.05) is 4.90 Å². The molecular weight excluding hydrogens is 314 g/mol. The van der Waals surface area contributed by atoms with E-state index in [1.807, 2.05) is 55.5 Å². The van der Waals surface area contributed by atoms with E-state index in [0.717, 1.165) is 24.2 Å². The van der Waals surface area contributed by atoms with Crippen LogP contribution < -0.4 is 10.2 Å². The van der Waals surface area contributed by atoms with Gasteiger partial charge in [-0.2, -0.15) is 0 Å². The summed E-state index contributed by atoms with van der Waals surface area (Å²) >= 11 is 0. The van der Waals surface area contributed by atoms with Crippen molar-refractivity contribution in [2.45, 2.75) is 44.7 Å². The van der Waals surface area contributed by atoms with Gasteiger partial charge in [0.25, 0.3) is 0 Å². The first-order valence-electron chi connectivity index (χ1n) is 8.72. The first-order valence-corrected chi connectivity index (χ1v) is 8.72. The third-order valence-corrected chi connectivity index (χ3v) is 4.49. The van der Waals surface area contributed by atoms with Gasteiger partial charge < -0.3 is 10.2 Å². The number of anilines is 1. The Morgan fingerprint density at radius 2 is 1.96 bits per heavy atom. The molecule has 5 heteroatoms. The van der Waals surface area contributed by atoms with Gasteiger partial charge in [0.2, 0.25) is 11.8 Å². The fraction of sp³-hybridized carbons (Fsp3) is 0.350. The molecule has 2 atom stereocenters. The number of benzene rings is 1. The smallest absolute Gasteiger partial charge is 0.249 e. The van der Waals surface area contributed by atoms with Crippen molar-refractivity contribution < 1.29 is 9.59 Å². The van der Waals surface area contributed by atoms with Gasteiger partial charge in [-0.05, 0) is 50.5 Å². The molecule has 130 valence electrons. The van der Waals surface area contributed by atoms with Gasteiger partial charge in [-0.3, -0.25) is 14.6 Å². The second-order valence-electron chi connectivity index (χ2n) is 6.42. The van der Waals surface area contributed by atoms with E-state index in [2.05, 4.69) is 10.3 Å². The number of rotatable bonds is 6. The molecule has 1 saturated heterocycles. The van der Waals surface area contributed by atoms with Gasteiger partial charge in [-0.1, -0.05) is 24.3 Å². The predicted octanol–water partition coefficient (Wildman–Crippen LogP) is 2.71. The van der Waals surface area contributed by atoms with Crippen LogP contribution in [0.5, 0.6) is 0 Å². The number of para-hydroxylation sites is 1. The zero-order valence-electron chi connectivity index (χ0n) is 14.4. The van der Waals surface area contributed by atoms with Crippen LogP contribution in [0.3, 0.4) is 0 Å². The van der Waals surface area contributed by atoms with Gasteiger partial charge in [-0.25, -0.2) is 0 Å². The second-order valence-corrected chi connectivity index (χ2v) is 6.42. The summed E-state index contributed by atoms with van der Waals surface area (Å²) in [6.45, 7) is 2.01. The van der Waals surface area contributed by atoms with E-state index in [1.165, 1.54) is 0 Å². The summed E-state index contributed by atoms with van der Waals surface area (Å²) in [6.07, 6.45) is 4.28. The molecule has 1 aromatic carbocycles. The number of carbonyl (C=O) groups is 2. The fourth-order valence-corrected chi connectivity index (χ4v) is 3.27. The molecule has 1 aromatic heterocycles. The third kappa shape index (κ3) is 4.24. The number of carbonyl (C=O) groups excluding carboxylic acids is 2. The van der Waals surface area contributed by atoms with Crippen molar-refractivity contribution in [1.29, 1.82) is 0 Å². The van der Waals surface area contributed by atoms with Crippen molar-refractivity contribution in [1.82, 2.24) is 10.3 Å². The number of amides is 2. The number of nitrogens with one attached hydrogen (secondary N) is 1. The number of pyridine rings is 1. The van der Waals surface area contributed by atoms with Gasteiger partial charge >= 0.3 is 0 Å². The van der Waals surface area contributed by atoms with Gasteiger partial charge in [0.15, 0.2) is 0 Å². The molecule has 0 saturated carbocycles. The summed E-state index contributed by atoms with van der Waals surface area (Å²) in [5.41, 5.74) is 1.86. The summed E-state index contributed by atoms with van der Waals surface area (Å²) in [5.74, 6) is -0.104. The summed E-state index contributed by atoms with van der Waals surface area (Å²) < 4.78 is 0. The number of aromatic nitrogens is 1. The normalized spacial score (nSPS) is 19.9. The van der Waals surface area contributed by atoms with Crippen LogP contribution in [-0.4, -0.2) is 28.9 Å². The zero-order valence-corrected chi connectivity index (χ0v) is 14.4. The van der Waals surface area contributed by atoms with E-state index in [-0.39, 0.29) is 17.9 Å². The highest BCUT2D eigenvalue weighted by molar-refractivity contribution is 6.01. The highest BCUT2D eigenvalue weighted by Gasteiger charge is 2.38. The molecule has 2 amide bonds. The SMILES string of the molecule is CC1CC(NC(=O)CCCc2ccccn2)C(=O)N1c1ccccc1. The maximum atomic E-state index is 12.6. The molecule has 0 aliphatic carbocycles. The van der Waals surface area contributed by atoms with E-state index >= 15 is 0 Å². The highest BCUT2D eigenvalue weighted by Crippen LogP contribution is 2.26. The minimum absolute atomic E-state index is 0.0308. The molecule has 1 aliphatic rings. The molecule has 1 aliphatic heterocycles. The van der Waals surface area contributed by atoms with Gasteiger partial charge in [0.1, 0.15) is 6.04 Å². The Bertz CT molecular complexity index is 718. The monoisotopic (exact) mass is 337 g/mol. The zero-order chi connectivity index (χ0) is 17.6. The van der Waals surface area contributed by atoms with Crippen molar-refractivity contribution in [3.8, 4) is 0 Å². The second kappa shape index (κ2) is 7.92. The molecule has 2 aromatic rings. The Labute approximate surface area is 148 Å². The molecule has 0 spiro atoms. The Morgan fingerprint density at radius 3 is 2.68 bits per heavy atom. The van der Waals surface area contributed by atoms with Gasteiger partial charge in [0, 0.05) is 30.0 Å². The van der Waals surface area contributed by atoms with Crippen molar-refractivity contribution in [3.63, 3.8) is 0 Å².